The lowest BCUT2D eigenvalue weighted by molar-refractivity contribution is -0.128. The van der Waals surface area contributed by atoms with Crippen molar-refractivity contribution in [3.63, 3.8) is 0 Å². The van der Waals surface area contributed by atoms with Gasteiger partial charge in [-0.3, -0.25) is 9.59 Å². The van der Waals surface area contributed by atoms with Gasteiger partial charge in [0, 0.05) is 38.3 Å². The number of hydrogen-bond donors (Lipinski definition) is 1. The summed E-state index contributed by atoms with van der Waals surface area (Å²) in [4.78, 5) is 34.7. The van der Waals surface area contributed by atoms with E-state index in [2.05, 4.69) is 15.3 Å². The van der Waals surface area contributed by atoms with Crippen LogP contribution in [0.5, 0.6) is 0 Å². The van der Waals surface area contributed by atoms with E-state index in [0.29, 0.717) is 24.4 Å². The topological polar surface area (TPSA) is 75.2 Å². The number of rotatable bonds is 5. The van der Waals surface area contributed by atoms with E-state index in [1.807, 2.05) is 11.8 Å². The molecular weight excluding hydrogens is 304 g/mol. The van der Waals surface area contributed by atoms with E-state index in [0.717, 1.165) is 18.8 Å². The molecule has 1 N–H and O–H groups in total. The third-order valence-electron chi connectivity index (χ3n) is 5.04. The Morgan fingerprint density at radius 3 is 2.62 bits per heavy atom. The largest absolute Gasteiger partial charge is 0.347 e. The molecular formula is C18H26N4O2. The average Bonchev–Trinajstić information content (AvgIpc) is 2.95. The van der Waals surface area contributed by atoms with Crippen LogP contribution in [0.3, 0.4) is 0 Å². The van der Waals surface area contributed by atoms with Crippen LogP contribution < -0.4 is 5.32 Å². The fourth-order valence-electron chi connectivity index (χ4n) is 3.65. The van der Waals surface area contributed by atoms with Gasteiger partial charge in [-0.25, -0.2) is 9.97 Å². The summed E-state index contributed by atoms with van der Waals surface area (Å²) in [6.07, 6.45) is 10.6. The number of hydrogen-bond acceptors (Lipinski definition) is 4. The molecule has 1 saturated heterocycles. The zero-order valence-corrected chi connectivity index (χ0v) is 14.3. The molecule has 6 heteroatoms. The summed E-state index contributed by atoms with van der Waals surface area (Å²) in [5.74, 6) is 1.31. The predicted octanol–water partition coefficient (Wildman–Crippen LogP) is 1.95. The number of carbonyl (C=O) groups is 2. The van der Waals surface area contributed by atoms with Gasteiger partial charge >= 0.3 is 0 Å². The fourth-order valence-corrected chi connectivity index (χ4v) is 3.65. The third kappa shape index (κ3) is 4.10. The predicted molar refractivity (Wildman–Crippen MR) is 90.4 cm³/mol. The van der Waals surface area contributed by atoms with Crippen molar-refractivity contribution < 1.29 is 9.59 Å². The molecule has 1 saturated carbocycles. The Kier molecular flexibility index (Phi) is 5.43. The first-order chi connectivity index (χ1) is 11.7. The molecule has 0 spiro atoms. The lowest BCUT2D eigenvalue weighted by atomic mass is 9.89. The fraction of sp³-hybridized carbons (Fsp3) is 0.667. The van der Waals surface area contributed by atoms with Crippen molar-refractivity contribution in [3.8, 4) is 0 Å². The number of likely N-dealkylation sites (tertiary alicyclic amines) is 1. The number of carbonyl (C=O) groups excluding carboxylic acids is 2. The van der Waals surface area contributed by atoms with Crippen LogP contribution in [0.2, 0.25) is 0 Å². The van der Waals surface area contributed by atoms with Crippen molar-refractivity contribution >= 4 is 11.8 Å². The standard InChI is InChI=1S/C18H26N4O2/c1-2-16-19-9-14(10-20-16)18(24)21-15-8-17(23)22(12-15)11-13-6-4-3-5-7-13/h9-10,13,15H,2-8,11-12H2,1H3,(H,21,24). The Hall–Kier alpha value is -1.98. The van der Waals surface area contributed by atoms with Gasteiger partial charge < -0.3 is 10.2 Å². The Morgan fingerprint density at radius 1 is 1.25 bits per heavy atom. The number of aryl methyl sites for hydroxylation is 1. The number of nitrogens with one attached hydrogen (secondary N) is 1. The molecule has 24 heavy (non-hydrogen) atoms. The Morgan fingerprint density at radius 2 is 1.96 bits per heavy atom. The lowest BCUT2D eigenvalue weighted by Gasteiger charge is -2.27. The second-order valence-electron chi connectivity index (χ2n) is 6.92. The minimum atomic E-state index is -0.199. The van der Waals surface area contributed by atoms with Gasteiger partial charge in [0.2, 0.25) is 5.91 Å². The molecule has 6 nitrogen and oxygen atoms in total. The first-order valence-corrected chi connectivity index (χ1v) is 9.05. The molecule has 1 atom stereocenters. The van der Waals surface area contributed by atoms with Crippen molar-refractivity contribution in [2.24, 2.45) is 5.92 Å². The van der Waals surface area contributed by atoms with Gasteiger partial charge in [-0.2, -0.15) is 0 Å². The minimum absolute atomic E-state index is 0.112. The van der Waals surface area contributed by atoms with Crippen molar-refractivity contribution in [2.75, 3.05) is 13.1 Å². The van der Waals surface area contributed by atoms with Crippen LogP contribution in [-0.4, -0.2) is 45.8 Å². The molecule has 2 amide bonds. The smallest absolute Gasteiger partial charge is 0.254 e. The van der Waals surface area contributed by atoms with Gasteiger partial charge in [0.15, 0.2) is 0 Å². The van der Waals surface area contributed by atoms with Crippen LogP contribution in [0.4, 0.5) is 0 Å². The van der Waals surface area contributed by atoms with Crippen molar-refractivity contribution in [2.45, 2.75) is 57.9 Å². The van der Waals surface area contributed by atoms with E-state index in [4.69, 9.17) is 0 Å². The normalized spacial score (nSPS) is 22.0. The maximum atomic E-state index is 12.3. The van der Waals surface area contributed by atoms with Crippen LogP contribution in [0, 0.1) is 5.92 Å². The summed E-state index contributed by atoms with van der Waals surface area (Å²) in [5.41, 5.74) is 0.449. The zero-order chi connectivity index (χ0) is 16.9. The summed E-state index contributed by atoms with van der Waals surface area (Å²) < 4.78 is 0. The van der Waals surface area contributed by atoms with E-state index in [9.17, 15) is 9.59 Å². The summed E-state index contributed by atoms with van der Waals surface area (Å²) in [5, 5.41) is 2.95. The van der Waals surface area contributed by atoms with Gasteiger partial charge in [-0.15, -0.1) is 0 Å². The van der Waals surface area contributed by atoms with E-state index < -0.39 is 0 Å². The first kappa shape index (κ1) is 16.9. The molecule has 0 bridgehead atoms. The number of nitrogens with zero attached hydrogens (tertiary/aromatic N) is 3. The minimum Gasteiger partial charge on any atom is -0.347 e. The molecule has 1 aliphatic carbocycles. The van der Waals surface area contributed by atoms with Gasteiger partial charge in [0.1, 0.15) is 5.82 Å². The van der Waals surface area contributed by atoms with Crippen molar-refractivity contribution in [1.29, 1.82) is 0 Å². The number of amides is 2. The molecule has 2 heterocycles. The molecule has 2 aliphatic rings. The average molecular weight is 330 g/mol. The maximum absolute atomic E-state index is 12.3. The summed E-state index contributed by atoms with van der Waals surface area (Å²) >= 11 is 0. The van der Waals surface area contributed by atoms with Gasteiger partial charge in [0.05, 0.1) is 11.6 Å². The highest BCUT2D eigenvalue weighted by molar-refractivity contribution is 5.94. The summed E-state index contributed by atoms with van der Waals surface area (Å²) in [6.45, 7) is 3.44. The summed E-state index contributed by atoms with van der Waals surface area (Å²) in [6, 6.07) is -0.112. The van der Waals surface area contributed by atoms with Crippen LogP contribution in [0.25, 0.3) is 0 Å². The van der Waals surface area contributed by atoms with E-state index >= 15 is 0 Å². The van der Waals surface area contributed by atoms with Crippen LogP contribution in [-0.2, 0) is 11.2 Å². The quantitative estimate of drug-likeness (QED) is 0.895. The molecule has 3 rings (SSSR count). The summed E-state index contributed by atoms with van der Waals surface area (Å²) in [7, 11) is 0. The first-order valence-electron chi connectivity index (χ1n) is 9.05. The highest BCUT2D eigenvalue weighted by Crippen LogP contribution is 2.26. The van der Waals surface area contributed by atoms with Crippen LogP contribution in [0.1, 0.15) is 61.6 Å². The van der Waals surface area contributed by atoms with Crippen LogP contribution in [0.15, 0.2) is 12.4 Å². The number of aromatic nitrogens is 2. The van der Waals surface area contributed by atoms with E-state index in [1.54, 1.807) is 12.4 Å². The molecule has 130 valence electrons. The maximum Gasteiger partial charge on any atom is 0.254 e. The highest BCUT2D eigenvalue weighted by Gasteiger charge is 2.32. The van der Waals surface area contributed by atoms with Crippen molar-refractivity contribution in [3.05, 3.63) is 23.8 Å². The Bertz CT molecular complexity index is 581. The van der Waals surface area contributed by atoms with Crippen LogP contribution >= 0.6 is 0 Å². The van der Waals surface area contributed by atoms with E-state index in [1.165, 1.54) is 32.1 Å². The SMILES string of the molecule is CCc1ncc(C(=O)NC2CC(=O)N(CC3CCCCC3)C2)cn1. The zero-order valence-electron chi connectivity index (χ0n) is 14.3. The Balaban J connectivity index is 1.52. The highest BCUT2D eigenvalue weighted by atomic mass is 16.2. The lowest BCUT2D eigenvalue weighted by Crippen LogP contribution is -2.38. The second kappa shape index (κ2) is 7.73. The molecule has 1 unspecified atom stereocenters. The Labute approximate surface area is 143 Å². The van der Waals surface area contributed by atoms with E-state index in [-0.39, 0.29) is 17.9 Å². The van der Waals surface area contributed by atoms with Gasteiger partial charge in [0.25, 0.3) is 5.91 Å². The molecule has 0 radical (unpaired) electrons. The molecule has 1 aromatic rings. The molecule has 1 aliphatic heterocycles. The molecule has 0 aromatic carbocycles. The monoisotopic (exact) mass is 330 g/mol. The molecule has 1 aromatic heterocycles. The molecule has 2 fully saturated rings. The third-order valence-corrected chi connectivity index (χ3v) is 5.04. The van der Waals surface area contributed by atoms with Crippen molar-refractivity contribution in [1.82, 2.24) is 20.2 Å². The second-order valence-corrected chi connectivity index (χ2v) is 6.92. The van der Waals surface area contributed by atoms with Gasteiger partial charge in [-0.05, 0) is 18.8 Å². The van der Waals surface area contributed by atoms with Gasteiger partial charge in [-0.1, -0.05) is 26.2 Å².